The van der Waals surface area contributed by atoms with Crippen molar-refractivity contribution in [2.24, 2.45) is 5.73 Å². The Kier molecular flexibility index (Phi) is 4.35. The van der Waals surface area contributed by atoms with Crippen LogP contribution in [0.15, 0.2) is 0 Å². The van der Waals surface area contributed by atoms with Gasteiger partial charge in [0.1, 0.15) is 0 Å². The van der Waals surface area contributed by atoms with Crippen LogP contribution in [0, 0.1) is 0 Å². The van der Waals surface area contributed by atoms with Crippen LogP contribution in [0.2, 0.25) is 0 Å². The maximum absolute atomic E-state index is 6.21. The topological polar surface area (TPSA) is 32.5 Å². The SMILES string of the molecule is CCCN(C(C)C)C1(CN)CC(C)N(C2CC2)C1. The van der Waals surface area contributed by atoms with Gasteiger partial charge in [-0.3, -0.25) is 9.80 Å². The van der Waals surface area contributed by atoms with Crippen molar-refractivity contribution in [2.75, 3.05) is 19.6 Å². The Balaban J connectivity index is 2.14. The number of rotatable bonds is 6. The second kappa shape index (κ2) is 5.48. The summed E-state index contributed by atoms with van der Waals surface area (Å²) in [7, 11) is 0. The number of hydrogen-bond donors (Lipinski definition) is 1. The highest BCUT2D eigenvalue weighted by Crippen LogP contribution is 2.40. The van der Waals surface area contributed by atoms with Crippen LogP contribution in [0.1, 0.15) is 53.4 Å². The third-order valence-corrected chi connectivity index (χ3v) is 4.81. The Morgan fingerprint density at radius 1 is 1.39 bits per heavy atom. The fourth-order valence-electron chi connectivity index (χ4n) is 3.88. The molecule has 2 N–H and O–H groups in total. The highest BCUT2D eigenvalue weighted by Gasteiger charge is 2.49. The molecule has 0 radical (unpaired) electrons. The predicted molar refractivity (Wildman–Crippen MR) is 77.7 cm³/mol. The lowest BCUT2D eigenvalue weighted by atomic mass is 9.92. The lowest BCUT2D eigenvalue weighted by Gasteiger charge is -2.43. The Morgan fingerprint density at radius 2 is 2.06 bits per heavy atom. The highest BCUT2D eigenvalue weighted by molar-refractivity contribution is 5.07. The zero-order valence-electron chi connectivity index (χ0n) is 12.7. The van der Waals surface area contributed by atoms with Gasteiger partial charge in [0.15, 0.2) is 0 Å². The minimum absolute atomic E-state index is 0.228. The Labute approximate surface area is 113 Å². The van der Waals surface area contributed by atoms with E-state index in [2.05, 4.69) is 37.5 Å². The normalized spacial score (nSPS) is 33.8. The van der Waals surface area contributed by atoms with Crippen LogP contribution >= 0.6 is 0 Å². The minimum Gasteiger partial charge on any atom is -0.329 e. The van der Waals surface area contributed by atoms with E-state index in [0.29, 0.717) is 12.1 Å². The first-order valence-corrected chi connectivity index (χ1v) is 7.76. The van der Waals surface area contributed by atoms with Crippen LogP contribution in [-0.2, 0) is 0 Å². The molecule has 18 heavy (non-hydrogen) atoms. The van der Waals surface area contributed by atoms with Crippen molar-refractivity contribution < 1.29 is 0 Å². The van der Waals surface area contributed by atoms with Crippen LogP contribution in [0.5, 0.6) is 0 Å². The van der Waals surface area contributed by atoms with Crippen molar-refractivity contribution in [2.45, 2.75) is 77.0 Å². The summed E-state index contributed by atoms with van der Waals surface area (Å²) in [6.45, 7) is 12.5. The quantitative estimate of drug-likeness (QED) is 0.786. The number of likely N-dealkylation sites (tertiary alicyclic amines) is 1. The molecule has 3 heteroatoms. The molecule has 106 valence electrons. The van der Waals surface area contributed by atoms with Gasteiger partial charge in [0.25, 0.3) is 0 Å². The lowest BCUT2D eigenvalue weighted by molar-refractivity contribution is 0.0660. The maximum atomic E-state index is 6.21. The summed E-state index contributed by atoms with van der Waals surface area (Å²) in [4.78, 5) is 5.39. The molecule has 1 heterocycles. The first-order chi connectivity index (χ1) is 8.54. The van der Waals surface area contributed by atoms with E-state index in [-0.39, 0.29) is 5.54 Å². The van der Waals surface area contributed by atoms with Crippen LogP contribution in [0.25, 0.3) is 0 Å². The molecule has 2 fully saturated rings. The molecule has 2 unspecified atom stereocenters. The van der Waals surface area contributed by atoms with E-state index in [1.165, 1.54) is 38.8 Å². The second-order valence-corrected chi connectivity index (χ2v) is 6.67. The van der Waals surface area contributed by atoms with E-state index in [4.69, 9.17) is 5.73 Å². The van der Waals surface area contributed by atoms with Gasteiger partial charge in [0, 0.05) is 36.8 Å². The third kappa shape index (κ3) is 2.59. The standard InChI is InChI=1S/C15H31N3/c1-5-8-18(12(2)3)15(10-16)9-13(4)17(11-15)14-6-7-14/h12-14H,5-11,16H2,1-4H3. The van der Waals surface area contributed by atoms with Crippen molar-refractivity contribution in [3.63, 3.8) is 0 Å². The molecular formula is C15H31N3. The smallest absolute Gasteiger partial charge is 0.0476 e. The molecule has 1 aliphatic carbocycles. The number of nitrogens with zero attached hydrogens (tertiary/aromatic N) is 2. The van der Waals surface area contributed by atoms with Crippen molar-refractivity contribution in [1.29, 1.82) is 0 Å². The summed E-state index contributed by atoms with van der Waals surface area (Å²) in [5.41, 5.74) is 6.44. The highest BCUT2D eigenvalue weighted by atomic mass is 15.3. The zero-order chi connectivity index (χ0) is 13.3. The average Bonchev–Trinajstić information content (AvgIpc) is 3.11. The van der Waals surface area contributed by atoms with E-state index < -0.39 is 0 Å². The second-order valence-electron chi connectivity index (χ2n) is 6.67. The largest absolute Gasteiger partial charge is 0.329 e. The summed E-state index contributed by atoms with van der Waals surface area (Å²) >= 11 is 0. The van der Waals surface area contributed by atoms with Gasteiger partial charge >= 0.3 is 0 Å². The molecule has 2 rings (SSSR count). The Morgan fingerprint density at radius 3 is 2.50 bits per heavy atom. The van der Waals surface area contributed by atoms with Gasteiger partial charge in [-0.15, -0.1) is 0 Å². The Hall–Kier alpha value is -0.120. The molecule has 2 atom stereocenters. The zero-order valence-corrected chi connectivity index (χ0v) is 12.7. The van der Waals surface area contributed by atoms with E-state index >= 15 is 0 Å². The van der Waals surface area contributed by atoms with Gasteiger partial charge in [-0.2, -0.15) is 0 Å². The van der Waals surface area contributed by atoms with Crippen LogP contribution < -0.4 is 5.73 Å². The molecule has 1 saturated heterocycles. The summed E-state index contributed by atoms with van der Waals surface area (Å²) in [5, 5.41) is 0. The first kappa shape index (κ1) is 14.3. The van der Waals surface area contributed by atoms with E-state index in [1.54, 1.807) is 0 Å². The molecular weight excluding hydrogens is 222 g/mol. The van der Waals surface area contributed by atoms with Gasteiger partial charge < -0.3 is 5.73 Å². The van der Waals surface area contributed by atoms with Crippen molar-refractivity contribution in [3.05, 3.63) is 0 Å². The van der Waals surface area contributed by atoms with Crippen molar-refractivity contribution >= 4 is 0 Å². The van der Waals surface area contributed by atoms with Crippen LogP contribution in [-0.4, -0.2) is 53.1 Å². The molecule has 0 aromatic heterocycles. The summed E-state index contributed by atoms with van der Waals surface area (Å²) in [6, 6.07) is 2.17. The summed E-state index contributed by atoms with van der Waals surface area (Å²) < 4.78 is 0. The van der Waals surface area contributed by atoms with E-state index in [1.807, 2.05) is 0 Å². The third-order valence-electron chi connectivity index (χ3n) is 4.81. The monoisotopic (exact) mass is 253 g/mol. The molecule has 0 aromatic rings. The molecule has 3 nitrogen and oxygen atoms in total. The summed E-state index contributed by atoms with van der Waals surface area (Å²) in [5.74, 6) is 0. The van der Waals surface area contributed by atoms with Gasteiger partial charge in [-0.05, 0) is 53.0 Å². The van der Waals surface area contributed by atoms with Gasteiger partial charge in [0.05, 0.1) is 0 Å². The lowest BCUT2D eigenvalue weighted by Crippen LogP contribution is -2.58. The fourth-order valence-corrected chi connectivity index (χ4v) is 3.88. The van der Waals surface area contributed by atoms with Gasteiger partial charge in [-0.25, -0.2) is 0 Å². The minimum atomic E-state index is 0.228. The first-order valence-electron chi connectivity index (χ1n) is 7.76. The fraction of sp³-hybridized carbons (Fsp3) is 1.00. The molecule has 0 amide bonds. The average molecular weight is 253 g/mol. The van der Waals surface area contributed by atoms with Gasteiger partial charge in [0.2, 0.25) is 0 Å². The molecule has 0 spiro atoms. The summed E-state index contributed by atoms with van der Waals surface area (Å²) in [6.07, 6.45) is 5.27. The number of hydrogen-bond acceptors (Lipinski definition) is 3. The van der Waals surface area contributed by atoms with Crippen molar-refractivity contribution in [3.8, 4) is 0 Å². The van der Waals surface area contributed by atoms with Crippen LogP contribution in [0.4, 0.5) is 0 Å². The predicted octanol–water partition coefficient (Wildman–Crippen LogP) is 2.06. The number of nitrogens with two attached hydrogens (primary N) is 1. The molecule has 2 aliphatic rings. The van der Waals surface area contributed by atoms with E-state index in [9.17, 15) is 0 Å². The molecule has 0 aromatic carbocycles. The van der Waals surface area contributed by atoms with Crippen LogP contribution in [0.3, 0.4) is 0 Å². The maximum Gasteiger partial charge on any atom is 0.0476 e. The molecule has 1 aliphatic heterocycles. The molecule has 0 bridgehead atoms. The van der Waals surface area contributed by atoms with Gasteiger partial charge in [-0.1, -0.05) is 6.92 Å². The molecule has 1 saturated carbocycles. The van der Waals surface area contributed by atoms with Crippen molar-refractivity contribution in [1.82, 2.24) is 9.80 Å². The Bertz CT molecular complexity index is 275. The van der Waals surface area contributed by atoms with E-state index in [0.717, 1.165) is 12.6 Å².